The van der Waals surface area contributed by atoms with Gasteiger partial charge in [-0.05, 0) is 36.8 Å². The van der Waals surface area contributed by atoms with Crippen LogP contribution in [-0.4, -0.2) is 18.2 Å². The maximum atomic E-state index is 5.60. The molecule has 2 heterocycles. The Hall–Kier alpha value is -2.23. The van der Waals surface area contributed by atoms with E-state index in [9.17, 15) is 0 Å². The molecule has 0 radical (unpaired) electrons. The number of aromatic nitrogens is 1. The molecule has 1 aromatic heterocycles. The highest BCUT2D eigenvalue weighted by Gasteiger charge is 2.14. The van der Waals surface area contributed by atoms with Gasteiger partial charge in [0.05, 0.1) is 5.69 Å². The maximum Gasteiger partial charge on any atom is 0.161 e. The van der Waals surface area contributed by atoms with Gasteiger partial charge in [0.1, 0.15) is 13.2 Å². The number of nitrogens with zero attached hydrogens (tertiary/aromatic N) is 1. The van der Waals surface area contributed by atoms with Crippen LogP contribution in [-0.2, 0) is 0 Å². The molecule has 98 valence electrons. The molecule has 19 heavy (non-hydrogen) atoms. The monoisotopic (exact) mass is 256 g/mol. The summed E-state index contributed by atoms with van der Waals surface area (Å²) in [5.41, 5.74) is 2.16. The lowest BCUT2D eigenvalue weighted by Crippen LogP contribution is -2.16. The Morgan fingerprint density at radius 1 is 1.16 bits per heavy atom. The Morgan fingerprint density at radius 2 is 2.00 bits per heavy atom. The van der Waals surface area contributed by atoms with E-state index in [1.807, 2.05) is 30.5 Å². The van der Waals surface area contributed by atoms with Crippen molar-refractivity contribution < 1.29 is 9.47 Å². The summed E-state index contributed by atoms with van der Waals surface area (Å²) in [6, 6.07) is 10.1. The van der Waals surface area contributed by atoms with Crippen LogP contribution in [0.4, 0.5) is 5.69 Å². The molecule has 1 unspecified atom stereocenters. The zero-order valence-corrected chi connectivity index (χ0v) is 10.8. The van der Waals surface area contributed by atoms with Gasteiger partial charge in [0.25, 0.3) is 0 Å². The largest absolute Gasteiger partial charge is 0.486 e. The third kappa shape index (κ3) is 2.62. The van der Waals surface area contributed by atoms with Crippen molar-refractivity contribution in [3.05, 3.63) is 48.3 Å². The first-order valence-corrected chi connectivity index (χ1v) is 6.39. The van der Waals surface area contributed by atoms with Crippen LogP contribution >= 0.6 is 0 Å². The summed E-state index contributed by atoms with van der Waals surface area (Å²) in [6.07, 6.45) is 3.58. The highest BCUT2D eigenvalue weighted by Crippen LogP contribution is 2.33. The summed E-state index contributed by atoms with van der Waals surface area (Å²) in [7, 11) is 0. The number of hydrogen-bond acceptors (Lipinski definition) is 4. The molecule has 1 aliphatic rings. The van der Waals surface area contributed by atoms with E-state index in [4.69, 9.17) is 9.47 Å². The molecule has 0 saturated heterocycles. The van der Waals surface area contributed by atoms with Crippen molar-refractivity contribution in [3.8, 4) is 11.5 Å². The third-order valence-electron chi connectivity index (χ3n) is 3.11. The number of nitrogens with one attached hydrogen (secondary N) is 1. The van der Waals surface area contributed by atoms with Crippen LogP contribution in [0, 0.1) is 0 Å². The van der Waals surface area contributed by atoms with Crippen LogP contribution < -0.4 is 14.8 Å². The van der Waals surface area contributed by atoms with Gasteiger partial charge >= 0.3 is 0 Å². The minimum atomic E-state index is 0.181. The molecule has 0 spiro atoms. The highest BCUT2D eigenvalue weighted by molar-refractivity contribution is 5.48. The topological polar surface area (TPSA) is 43.4 Å². The zero-order valence-electron chi connectivity index (χ0n) is 10.8. The lowest BCUT2D eigenvalue weighted by atomic mass is 10.1. The average Bonchev–Trinajstić information content (AvgIpc) is 2.48. The summed E-state index contributed by atoms with van der Waals surface area (Å²) in [4.78, 5) is 4.09. The smallest absolute Gasteiger partial charge is 0.161 e. The summed E-state index contributed by atoms with van der Waals surface area (Å²) in [5.74, 6) is 1.65. The molecule has 1 aromatic carbocycles. The van der Waals surface area contributed by atoms with Crippen molar-refractivity contribution in [2.24, 2.45) is 0 Å². The molecule has 1 atom stereocenters. The number of benzene rings is 1. The van der Waals surface area contributed by atoms with Crippen LogP contribution in [0.25, 0.3) is 0 Å². The second kappa shape index (κ2) is 5.18. The molecule has 0 bridgehead atoms. The number of fused-ring (bicyclic) bond motifs is 1. The van der Waals surface area contributed by atoms with Gasteiger partial charge in [-0.1, -0.05) is 6.07 Å². The van der Waals surface area contributed by atoms with Gasteiger partial charge in [-0.3, -0.25) is 4.98 Å². The van der Waals surface area contributed by atoms with Gasteiger partial charge in [0.15, 0.2) is 11.5 Å². The van der Waals surface area contributed by atoms with Gasteiger partial charge < -0.3 is 14.8 Å². The fourth-order valence-corrected chi connectivity index (χ4v) is 2.11. The first kappa shape index (κ1) is 11.8. The Bertz CT molecular complexity index is 557. The SMILES string of the molecule is CC(Nc1cccnc1)c1ccc2c(c1)OCCO2. The normalized spacial score (nSPS) is 14.8. The van der Waals surface area contributed by atoms with Crippen LogP contribution in [0.5, 0.6) is 11.5 Å². The molecule has 4 heteroatoms. The lowest BCUT2D eigenvalue weighted by molar-refractivity contribution is 0.171. The number of anilines is 1. The quantitative estimate of drug-likeness (QED) is 0.916. The van der Waals surface area contributed by atoms with Crippen molar-refractivity contribution >= 4 is 5.69 Å². The second-order valence-corrected chi connectivity index (χ2v) is 4.51. The van der Waals surface area contributed by atoms with E-state index in [2.05, 4.69) is 23.3 Å². The van der Waals surface area contributed by atoms with Crippen LogP contribution in [0.15, 0.2) is 42.7 Å². The van der Waals surface area contributed by atoms with Crippen LogP contribution in [0.2, 0.25) is 0 Å². The van der Waals surface area contributed by atoms with Gasteiger partial charge in [0.2, 0.25) is 0 Å². The van der Waals surface area contributed by atoms with E-state index in [1.165, 1.54) is 0 Å². The van der Waals surface area contributed by atoms with Crippen molar-refractivity contribution in [1.29, 1.82) is 0 Å². The number of rotatable bonds is 3. The Balaban J connectivity index is 1.78. The van der Waals surface area contributed by atoms with Crippen LogP contribution in [0.1, 0.15) is 18.5 Å². The Kier molecular flexibility index (Phi) is 3.23. The van der Waals surface area contributed by atoms with Gasteiger partial charge in [-0.15, -0.1) is 0 Å². The summed E-state index contributed by atoms with van der Waals surface area (Å²) in [6.45, 7) is 3.34. The molecule has 0 aliphatic carbocycles. The molecule has 1 aliphatic heterocycles. The third-order valence-corrected chi connectivity index (χ3v) is 3.11. The van der Waals surface area contributed by atoms with E-state index < -0.39 is 0 Å². The average molecular weight is 256 g/mol. The fourth-order valence-electron chi connectivity index (χ4n) is 2.11. The molecule has 1 N–H and O–H groups in total. The fraction of sp³-hybridized carbons (Fsp3) is 0.267. The van der Waals surface area contributed by atoms with Crippen LogP contribution in [0.3, 0.4) is 0 Å². The van der Waals surface area contributed by atoms with Crippen molar-refractivity contribution in [2.75, 3.05) is 18.5 Å². The molecule has 2 aromatic rings. The predicted octanol–water partition coefficient (Wildman–Crippen LogP) is 3.03. The summed E-state index contributed by atoms with van der Waals surface area (Å²) in [5, 5.41) is 3.41. The standard InChI is InChI=1S/C15H16N2O2/c1-11(17-13-3-2-6-16-10-13)12-4-5-14-15(9-12)19-8-7-18-14/h2-6,9-11,17H,7-8H2,1H3. The minimum Gasteiger partial charge on any atom is -0.486 e. The zero-order chi connectivity index (χ0) is 13.1. The van der Waals surface area contributed by atoms with Crippen molar-refractivity contribution in [3.63, 3.8) is 0 Å². The van der Waals surface area contributed by atoms with Gasteiger partial charge in [0, 0.05) is 18.4 Å². The van der Waals surface area contributed by atoms with E-state index in [1.54, 1.807) is 6.20 Å². The van der Waals surface area contributed by atoms with E-state index in [0.29, 0.717) is 13.2 Å². The molecule has 0 fully saturated rings. The van der Waals surface area contributed by atoms with E-state index in [0.717, 1.165) is 22.7 Å². The second-order valence-electron chi connectivity index (χ2n) is 4.51. The molecule has 4 nitrogen and oxygen atoms in total. The number of pyridine rings is 1. The molecule has 0 amide bonds. The number of hydrogen-bond donors (Lipinski definition) is 1. The summed E-state index contributed by atoms with van der Waals surface area (Å²) >= 11 is 0. The lowest BCUT2D eigenvalue weighted by Gasteiger charge is -2.21. The number of ether oxygens (including phenoxy) is 2. The van der Waals surface area contributed by atoms with Crippen molar-refractivity contribution in [2.45, 2.75) is 13.0 Å². The molecular weight excluding hydrogens is 240 g/mol. The van der Waals surface area contributed by atoms with E-state index in [-0.39, 0.29) is 6.04 Å². The molecular formula is C15H16N2O2. The first-order chi connectivity index (χ1) is 9.33. The van der Waals surface area contributed by atoms with Gasteiger partial charge in [-0.25, -0.2) is 0 Å². The van der Waals surface area contributed by atoms with Gasteiger partial charge in [-0.2, -0.15) is 0 Å². The summed E-state index contributed by atoms with van der Waals surface area (Å²) < 4.78 is 11.1. The van der Waals surface area contributed by atoms with Crippen molar-refractivity contribution in [1.82, 2.24) is 4.98 Å². The Labute approximate surface area is 112 Å². The first-order valence-electron chi connectivity index (χ1n) is 6.39. The Morgan fingerprint density at radius 3 is 2.79 bits per heavy atom. The van der Waals surface area contributed by atoms with E-state index >= 15 is 0 Å². The maximum absolute atomic E-state index is 5.60. The minimum absolute atomic E-state index is 0.181. The highest BCUT2D eigenvalue weighted by atomic mass is 16.6. The molecule has 3 rings (SSSR count). The molecule has 0 saturated carbocycles. The predicted molar refractivity (Wildman–Crippen MR) is 73.7 cm³/mol.